The van der Waals surface area contributed by atoms with Crippen LogP contribution in [0, 0.1) is 5.92 Å². The maximum absolute atomic E-state index is 11.5. The molecule has 2 aromatic rings. The van der Waals surface area contributed by atoms with Crippen LogP contribution in [0.25, 0.3) is 11.0 Å². The van der Waals surface area contributed by atoms with E-state index in [1.54, 1.807) is 12.1 Å². The molecule has 1 N–H and O–H groups in total. The van der Waals surface area contributed by atoms with E-state index < -0.39 is 5.97 Å². The average molecular weight is 287 g/mol. The fourth-order valence-electron chi connectivity index (χ4n) is 3.62. The average Bonchev–Trinajstić information content (AvgIpc) is 2.93. The number of benzene rings is 1. The third-order valence-corrected chi connectivity index (χ3v) is 4.65. The largest absolute Gasteiger partial charge is 0.478 e. The third kappa shape index (κ3) is 2.52. The van der Waals surface area contributed by atoms with Crippen molar-refractivity contribution in [2.45, 2.75) is 51.5 Å². The molecule has 0 amide bonds. The van der Waals surface area contributed by atoms with Crippen molar-refractivity contribution in [3.8, 4) is 0 Å². The Kier molecular flexibility index (Phi) is 3.90. The fraction of sp³-hybridized carbons (Fsp3) is 0.562. The maximum Gasteiger partial charge on any atom is 0.337 e. The summed E-state index contributed by atoms with van der Waals surface area (Å²) < 4.78 is 1.87. The van der Waals surface area contributed by atoms with Crippen molar-refractivity contribution in [3.05, 3.63) is 23.8 Å². The van der Waals surface area contributed by atoms with Crippen LogP contribution in [0.3, 0.4) is 0 Å². The molecular weight excluding hydrogens is 266 g/mol. The van der Waals surface area contributed by atoms with E-state index in [2.05, 4.69) is 17.2 Å². The Hall–Kier alpha value is -1.91. The van der Waals surface area contributed by atoms with E-state index in [1.165, 1.54) is 32.1 Å². The Morgan fingerprint density at radius 1 is 1.38 bits per heavy atom. The van der Waals surface area contributed by atoms with Gasteiger partial charge in [0.05, 0.1) is 11.6 Å². The molecule has 0 bridgehead atoms. The zero-order chi connectivity index (χ0) is 14.8. The van der Waals surface area contributed by atoms with Crippen molar-refractivity contribution in [2.24, 2.45) is 5.92 Å². The molecule has 1 aliphatic carbocycles. The molecule has 1 heterocycles. The zero-order valence-corrected chi connectivity index (χ0v) is 12.3. The molecule has 3 rings (SSSR count). The molecule has 5 nitrogen and oxygen atoms in total. The van der Waals surface area contributed by atoms with Crippen molar-refractivity contribution < 1.29 is 9.90 Å². The van der Waals surface area contributed by atoms with Gasteiger partial charge >= 0.3 is 5.97 Å². The van der Waals surface area contributed by atoms with Gasteiger partial charge < -0.3 is 5.11 Å². The fourth-order valence-corrected chi connectivity index (χ4v) is 3.62. The van der Waals surface area contributed by atoms with Crippen LogP contribution < -0.4 is 0 Å². The lowest BCUT2D eigenvalue weighted by Gasteiger charge is -2.30. The summed E-state index contributed by atoms with van der Waals surface area (Å²) >= 11 is 0. The van der Waals surface area contributed by atoms with E-state index in [9.17, 15) is 9.90 Å². The molecule has 1 atom stereocenters. The van der Waals surface area contributed by atoms with Crippen molar-refractivity contribution in [1.82, 2.24) is 15.0 Å². The van der Waals surface area contributed by atoms with E-state index in [-0.39, 0.29) is 6.04 Å². The van der Waals surface area contributed by atoms with Gasteiger partial charge in [0.1, 0.15) is 11.0 Å². The van der Waals surface area contributed by atoms with Gasteiger partial charge in [-0.05, 0) is 37.3 Å². The van der Waals surface area contributed by atoms with Crippen LogP contribution in [0.1, 0.15) is 61.8 Å². The number of para-hydroxylation sites is 1. The standard InChI is InChI=1S/C16H21N3O2/c1-2-14(11-7-4-3-5-8-11)19-15-12(16(20)21)9-6-10-13(15)17-18-19/h6,9-11,14H,2-5,7-8H2,1H3,(H,20,21). The van der Waals surface area contributed by atoms with Crippen LogP contribution in [0.15, 0.2) is 18.2 Å². The van der Waals surface area contributed by atoms with Gasteiger partial charge in [-0.2, -0.15) is 0 Å². The van der Waals surface area contributed by atoms with Gasteiger partial charge in [-0.1, -0.05) is 37.5 Å². The molecule has 0 aliphatic heterocycles. The highest BCUT2D eigenvalue weighted by atomic mass is 16.4. The summed E-state index contributed by atoms with van der Waals surface area (Å²) in [6, 6.07) is 5.44. The van der Waals surface area contributed by atoms with Crippen molar-refractivity contribution in [2.75, 3.05) is 0 Å². The first-order valence-electron chi connectivity index (χ1n) is 7.79. The summed E-state index contributed by atoms with van der Waals surface area (Å²) in [5.41, 5.74) is 1.64. The number of carbonyl (C=O) groups is 1. The minimum atomic E-state index is -0.914. The molecule has 1 aromatic heterocycles. The molecule has 112 valence electrons. The highest BCUT2D eigenvalue weighted by molar-refractivity contribution is 6.00. The molecule has 21 heavy (non-hydrogen) atoms. The summed E-state index contributed by atoms with van der Waals surface area (Å²) in [5.74, 6) is -0.335. The van der Waals surface area contributed by atoms with E-state index in [1.807, 2.05) is 10.7 Å². The highest BCUT2D eigenvalue weighted by Crippen LogP contribution is 2.36. The number of carboxylic acid groups (broad SMARTS) is 1. The van der Waals surface area contributed by atoms with Gasteiger partial charge in [0, 0.05) is 0 Å². The van der Waals surface area contributed by atoms with Crippen LogP contribution in [-0.4, -0.2) is 26.1 Å². The third-order valence-electron chi connectivity index (χ3n) is 4.65. The number of hydrogen-bond donors (Lipinski definition) is 1. The Bertz CT molecular complexity index is 644. The second-order valence-electron chi connectivity index (χ2n) is 5.89. The molecule has 1 fully saturated rings. The lowest BCUT2D eigenvalue weighted by atomic mass is 9.83. The van der Waals surface area contributed by atoms with Gasteiger partial charge in [0.15, 0.2) is 0 Å². The SMILES string of the molecule is CCC(C1CCCCC1)n1nnc2cccc(C(=O)O)c21. The Balaban J connectivity index is 2.07. The molecule has 1 unspecified atom stereocenters. The summed E-state index contributed by atoms with van der Waals surface area (Å²) in [4.78, 5) is 11.5. The first kappa shape index (κ1) is 14.0. The second kappa shape index (κ2) is 5.84. The number of rotatable bonds is 4. The van der Waals surface area contributed by atoms with Gasteiger partial charge in [-0.3, -0.25) is 0 Å². The first-order valence-corrected chi connectivity index (χ1v) is 7.79. The van der Waals surface area contributed by atoms with Gasteiger partial charge in [0.2, 0.25) is 0 Å². The minimum Gasteiger partial charge on any atom is -0.478 e. The minimum absolute atomic E-state index is 0.246. The number of hydrogen-bond acceptors (Lipinski definition) is 3. The Labute approximate surface area is 124 Å². The highest BCUT2D eigenvalue weighted by Gasteiger charge is 2.27. The van der Waals surface area contributed by atoms with E-state index in [4.69, 9.17) is 0 Å². The van der Waals surface area contributed by atoms with E-state index in [0.717, 1.165) is 6.42 Å². The lowest BCUT2D eigenvalue weighted by Crippen LogP contribution is -2.23. The number of nitrogens with zero attached hydrogens (tertiary/aromatic N) is 3. The first-order chi connectivity index (χ1) is 10.2. The number of aromatic nitrogens is 3. The van der Waals surface area contributed by atoms with Gasteiger partial charge in [0.25, 0.3) is 0 Å². The quantitative estimate of drug-likeness (QED) is 0.931. The molecule has 1 aromatic carbocycles. The summed E-state index contributed by atoms with van der Waals surface area (Å²) in [6.45, 7) is 2.15. The predicted octanol–water partition coefficient (Wildman–Crippen LogP) is 3.66. The smallest absolute Gasteiger partial charge is 0.337 e. The normalized spacial score (nSPS) is 18.0. The summed E-state index contributed by atoms with van der Waals surface area (Å²) in [7, 11) is 0. The number of carboxylic acids is 1. The Morgan fingerprint density at radius 2 is 2.14 bits per heavy atom. The molecule has 0 spiro atoms. The van der Waals surface area contributed by atoms with Crippen molar-refractivity contribution in [1.29, 1.82) is 0 Å². The van der Waals surface area contributed by atoms with Crippen LogP contribution >= 0.6 is 0 Å². The topological polar surface area (TPSA) is 68.0 Å². The molecule has 0 saturated heterocycles. The lowest BCUT2D eigenvalue weighted by molar-refractivity contribution is 0.0698. The van der Waals surface area contributed by atoms with Gasteiger partial charge in [-0.25, -0.2) is 9.48 Å². The summed E-state index contributed by atoms with van der Waals surface area (Å²) in [6.07, 6.45) is 7.20. The number of fused-ring (bicyclic) bond motifs is 1. The van der Waals surface area contributed by atoms with Gasteiger partial charge in [-0.15, -0.1) is 5.10 Å². The monoisotopic (exact) mass is 287 g/mol. The molecule has 0 radical (unpaired) electrons. The molecule has 1 saturated carbocycles. The maximum atomic E-state index is 11.5. The van der Waals surface area contributed by atoms with Crippen LogP contribution in [0.5, 0.6) is 0 Å². The molecule has 1 aliphatic rings. The predicted molar refractivity (Wildman–Crippen MR) is 80.4 cm³/mol. The van der Waals surface area contributed by atoms with E-state index in [0.29, 0.717) is 22.5 Å². The second-order valence-corrected chi connectivity index (χ2v) is 5.89. The van der Waals surface area contributed by atoms with Crippen LogP contribution in [-0.2, 0) is 0 Å². The molecule has 5 heteroatoms. The van der Waals surface area contributed by atoms with Crippen molar-refractivity contribution >= 4 is 17.0 Å². The Morgan fingerprint density at radius 3 is 2.81 bits per heavy atom. The van der Waals surface area contributed by atoms with Crippen LogP contribution in [0.4, 0.5) is 0 Å². The van der Waals surface area contributed by atoms with Crippen LogP contribution in [0.2, 0.25) is 0 Å². The zero-order valence-electron chi connectivity index (χ0n) is 12.3. The van der Waals surface area contributed by atoms with E-state index >= 15 is 0 Å². The van der Waals surface area contributed by atoms with Crippen molar-refractivity contribution in [3.63, 3.8) is 0 Å². The summed E-state index contributed by atoms with van der Waals surface area (Å²) in [5, 5.41) is 17.9. The number of aromatic carboxylic acids is 1. The molecular formula is C16H21N3O2.